The summed E-state index contributed by atoms with van der Waals surface area (Å²) in [7, 11) is 0. The molecule has 2 N–H and O–H groups in total. The first-order valence-electron chi connectivity index (χ1n) is 12.8. The van der Waals surface area contributed by atoms with E-state index in [0.717, 1.165) is 51.6 Å². The number of nitriles is 1. The molecular formula is C28H32ClFN4O2. The Hall–Kier alpha value is -2.66. The van der Waals surface area contributed by atoms with Crippen LogP contribution in [0.1, 0.15) is 49.7 Å². The van der Waals surface area contributed by atoms with Crippen LogP contribution in [0.5, 0.6) is 0 Å². The van der Waals surface area contributed by atoms with Gasteiger partial charge in [-0.05, 0) is 92.3 Å². The smallest absolute Gasteiger partial charge is 0.322 e. The summed E-state index contributed by atoms with van der Waals surface area (Å²) in [5.74, 6) is -0.0216. The molecule has 3 unspecified atom stereocenters. The minimum absolute atomic E-state index is 0.0213. The van der Waals surface area contributed by atoms with E-state index in [1.54, 1.807) is 0 Å². The lowest BCUT2D eigenvalue weighted by Gasteiger charge is -2.37. The summed E-state index contributed by atoms with van der Waals surface area (Å²) >= 11 is 5.93. The molecular weight excluding hydrogens is 479 g/mol. The fourth-order valence-electron chi connectivity index (χ4n) is 6.24. The summed E-state index contributed by atoms with van der Waals surface area (Å²) in [6, 6.07) is 14.4. The zero-order valence-corrected chi connectivity index (χ0v) is 21.1. The van der Waals surface area contributed by atoms with Crippen molar-refractivity contribution in [2.24, 2.45) is 5.92 Å². The summed E-state index contributed by atoms with van der Waals surface area (Å²) in [6.45, 7) is 3.03. The Morgan fingerprint density at radius 2 is 2.17 bits per heavy atom. The first-order chi connectivity index (χ1) is 17.4. The Morgan fingerprint density at radius 3 is 2.89 bits per heavy atom. The van der Waals surface area contributed by atoms with Crippen molar-refractivity contribution in [3.63, 3.8) is 0 Å². The second-order valence-corrected chi connectivity index (χ2v) is 10.9. The van der Waals surface area contributed by atoms with Crippen molar-refractivity contribution >= 4 is 23.3 Å². The highest BCUT2D eigenvalue weighted by molar-refractivity contribution is 6.31. The van der Waals surface area contributed by atoms with E-state index in [1.165, 1.54) is 23.8 Å². The minimum atomic E-state index is -0.517. The third-order valence-corrected chi connectivity index (χ3v) is 8.56. The molecule has 2 amide bonds. The number of likely N-dealkylation sites (tertiary alicyclic amines) is 1. The third-order valence-electron chi connectivity index (χ3n) is 8.27. The van der Waals surface area contributed by atoms with Gasteiger partial charge in [-0.3, -0.25) is 0 Å². The van der Waals surface area contributed by atoms with Crippen LogP contribution >= 0.6 is 11.6 Å². The Bertz CT molecular complexity index is 1170. The number of halogens is 2. The number of carbonyl (C=O) groups is 1. The van der Waals surface area contributed by atoms with Crippen molar-refractivity contribution in [1.29, 1.82) is 5.26 Å². The van der Waals surface area contributed by atoms with Gasteiger partial charge < -0.3 is 20.2 Å². The van der Waals surface area contributed by atoms with Gasteiger partial charge in [0.1, 0.15) is 5.82 Å². The normalized spacial score (nSPS) is 27.2. The molecule has 2 aliphatic carbocycles. The van der Waals surface area contributed by atoms with E-state index in [1.807, 2.05) is 23.1 Å². The summed E-state index contributed by atoms with van der Waals surface area (Å²) in [4.78, 5) is 17.6. The van der Waals surface area contributed by atoms with Gasteiger partial charge in [-0.2, -0.15) is 5.26 Å². The molecule has 0 radical (unpaired) electrons. The summed E-state index contributed by atoms with van der Waals surface area (Å²) in [5.41, 5.74) is 2.54. The molecule has 1 aliphatic heterocycles. The third kappa shape index (κ3) is 5.22. The van der Waals surface area contributed by atoms with Crippen LogP contribution in [0, 0.1) is 23.1 Å². The molecule has 2 aromatic carbocycles. The van der Waals surface area contributed by atoms with Gasteiger partial charge in [0.25, 0.3) is 0 Å². The number of fused-ring (bicyclic) bond motifs is 1. The number of hydrogen-bond acceptors (Lipinski definition) is 4. The number of hydrogen-bond donors (Lipinski definition) is 2. The van der Waals surface area contributed by atoms with E-state index < -0.39 is 5.82 Å². The molecule has 1 saturated heterocycles. The second kappa shape index (κ2) is 10.4. The van der Waals surface area contributed by atoms with Crippen molar-refractivity contribution in [3.8, 4) is 6.07 Å². The molecule has 0 bridgehead atoms. The van der Waals surface area contributed by atoms with Crippen molar-refractivity contribution < 1.29 is 14.3 Å². The van der Waals surface area contributed by atoms with Crippen molar-refractivity contribution in [1.82, 2.24) is 9.80 Å². The number of anilines is 1. The van der Waals surface area contributed by atoms with Gasteiger partial charge in [0.2, 0.25) is 0 Å². The Balaban J connectivity index is 1.27. The molecule has 36 heavy (non-hydrogen) atoms. The maximum Gasteiger partial charge on any atom is 0.322 e. The van der Waals surface area contributed by atoms with Crippen molar-refractivity contribution in [3.05, 3.63) is 64.4 Å². The number of rotatable bonds is 7. The lowest BCUT2D eigenvalue weighted by atomic mass is 9.80. The molecule has 5 rings (SSSR count). The van der Waals surface area contributed by atoms with E-state index in [9.17, 15) is 19.6 Å². The van der Waals surface area contributed by atoms with Crippen LogP contribution < -0.4 is 5.32 Å². The van der Waals surface area contributed by atoms with Crippen molar-refractivity contribution in [2.45, 2.75) is 56.1 Å². The standard InChI is InChI=1S/C28H32ClFN4O2/c29-25-15-22(5-6-26(25)30)32-27(36)34(11-2-10-33-12-8-24(35)18-33)23-7-9-28(16-21(28)14-23)20-4-1-3-19(13-20)17-31/h1,3-6,13,15,21,23-24,35H,2,7-12,14,16,18H2,(H,32,36)/t21?,23?,24-,28?/m0/s1. The van der Waals surface area contributed by atoms with Gasteiger partial charge in [0.15, 0.2) is 0 Å². The zero-order chi connectivity index (χ0) is 25.3. The maximum absolute atomic E-state index is 13.6. The molecule has 2 saturated carbocycles. The lowest BCUT2D eigenvalue weighted by Crippen LogP contribution is -2.46. The minimum Gasteiger partial charge on any atom is -0.392 e. The fraction of sp³-hybridized carbons (Fsp3) is 0.500. The highest BCUT2D eigenvalue weighted by Gasteiger charge is 2.58. The molecule has 2 aromatic rings. The summed E-state index contributed by atoms with van der Waals surface area (Å²) in [6.07, 6.45) is 5.27. The molecule has 4 atom stereocenters. The lowest BCUT2D eigenvalue weighted by molar-refractivity contribution is 0.151. The number of β-amino-alcohol motifs (C(OH)–C–C–N with tert-alkyl or cyclic N) is 1. The molecule has 8 heteroatoms. The highest BCUT2D eigenvalue weighted by Crippen LogP contribution is 2.62. The maximum atomic E-state index is 13.6. The number of nitrogens with zero attached hydrogens (tertiary/aromatic N) is 3. The van der Waals surface area contributed by atoms with E-state index in [2.05, 4.69) is 22.4 Å². The topological polar surface area (TPSA) is 79.6 Å². The molecule has 0 aromatic heterocycles. The summed E-state index contributed by atoms with van der Waals surface area (Å²) in [5, 5.41) is 22.0. The molecule has 1 heterocycles. The van der Waals surface area contributed by atoms with Crippen LogP contribution in [-0.4, -0.2) is 59.3 Å². The molecule has 190 valence electrons. The quantitative estimate of drug-likeness (QED) is 0.539. The van der Waals surface area contributed by atoms with E-state index in [4.69, 9.17) is 11.6 Å². The number of nitrogens with one attached hydrogen (secondary N) is 1. The number of urea groups is 1. The van der Waals surface area contributed by atoms with Gasteiger partial charge in [0.05, 0.1) is 22.8 Å². The molecule has 0 spiro atoms. The van der Waals surface area contributed by atoms with Gasteiger partial charge >= 0.3 is 6.03 Å². The number of aliphatic hydroxyl groups is 1. The highest BCUT2D eigenvalue weighted by atomic mass is 35.5. The zero-order valence-electron chi connectivity index (χ0n) is 20.3. The average molecular weight is 511 g/mol. The van der Waals surface area contributed by atoms with E-state index >= 15 is 0 Å². The largest absolute Gasteiger partial charge is 0.392 e. The predicted octanol–water partition coefficient (Wildman–Crippen LogP) is 5.15. The fourth-order valence-corrected chi connectivity index (χ4v) is 6.43. The van der Waals surface area contributed by atoms with Crippen LogP contribution in [0.2, 0.25) is 5.02 Å². The second-order valence-electron chi connectivity index (χ2n) is 10.5. The SMILES string of the molecule is N#Cc1cccc(C23CCC(N(CCCN4CC[C@H](O)C4)C(=O)Nc4ccc(F)c(Cl)c4)CC2C3)c1. The number of amides is 2. The Morgan fingerprint density at radius 1 is 1.31 bits per heavy atom. The Kier molecular flexibility index (Phi) is 7.21. The van der Waals surface area contributed by atoms with E-state index in [-0.39, 0.29) is 28.6 Å². The monoisotopic (exact) mass is 510 g/mol. The number of aliphatic hydroxyl groups excluding tert-OH is 1. The number of carbonyl (C=O) groups excluding carboxylic acids is 1. The van der Waals surface area contributed by atoms with Gasteiger partial charge in [-0.25, -0.2) is 9.18 Å². The first-order valence-corrected chi connectivity index (χ1v) is 13.2. The van der Waals surface area contributed by atoms with E-state index in [0.29, 0.717) is 30.3 Å². The summed E-state index contributed by atoms with van der Waals surface area (Å²) < 4.78 is 13.6. The van der Waals surface area contributed by atoms with Crippen molar-refractivity contribution in [2.75, 3.05) is 31.5 Å². The molecule has 6 nitrogen and oxygen atoms in total. The number of benzene rings is 2. The average Bonchev–Trinajstić information content (AvgIpc) is 3.48. The first kappa shape index (κ1) is 25.0. The van der Waals surface area contributed by atoms with Crippen LogP contribution in [0.15, 0.2) is 42.5 Å². The van der Waals surface area contributed by atoms with Crippen LogP contribution in [-0.2, 0) is 5.41 Å². The van der Waals surface area contributed by atoms with Crippen LogP contribution in [0.4, 0.5) is 14.9 Å². The van der Waals surface area contributed by atoms with Crippen LogP contribution in [0.25, 0.3) is 0 Å². The van der Waals surface area contributed by atoms with Gasteiger partial charge in [-0.15, -0.1) is 0 Å². The van der Waals surface area contributed by atoms with Crippen LogP contribution in [0.3, 0.4) is 0 Å². The predicted molar refractivity (Wildman–Crippen MR) is 137 cm³/mol. The molecule has 3 aliphatic rings. The van der Waals surface area contributed by atoms with Gasteiger partial charge in [0, 0.05) is 31.4 Å². The molecule has 3 fully saturated rings. The van der Waals surface area contributed by atoms with Gasteiger partial charge in [-0.1, -0.05) is 23.7 Å². The Labute approximate surface area is 216 Å².